The lowest BCUT2D eigenvalue weighted by Gasteiger charge is -2.06. The van der Waals surface area contributed by atoms with Gasteiger partial charge in [0.1, 0.15) is 5.75 Å². The van der Waals surface area contributed by atoms with Crippen LogP contribution in [0, 0.1) is 6.92 Å². The molecule has 0 radical (unpaired) electrons. The first-order chi connectivity index (χ1) is 6.67. The highest BCUT2D eigenvalue weighted by atomic mass is 16.5. The highest BCUT2D eigenvalue weighted by Crippen LogP contribution is 2.17. The molecular weight excluding hydrogens is 180 g/mol. The van der Waals surface area contributed by atoms with E-state index in [0.717, 1.165) is 5.56 Å². The Morgan fingerprint density at radius 2 is 2.07 bits per heavy atom. The molecule has 0 saturated heterocycles. The smallest absolute Gasteiger partial charge is 0.337 e. The molecule has 0 amide bonds. The topological polar surface area (TPSA) is 35.5 Å². The van der Waals surface area contributed by atoms with Crippen LogP contribution < -0.4 is 4.74 Å². The maximum Gasteiger partial charge on any atom is 0.337 e. The summed E-state index contributed by atoms with van der Waals surface area (Å²) < 4.78 is 9.94. The van der Waals surface area contributed by atoms with E-state index in [1.165, 1.54) is 7.11 Å². The van der Waals surface area contributed by atoms with Crippen molar-refractivity contribution in [2.24, 2.45) is 0 Å². The van der Waals surface area contributed by atoms with Crippen LogP contribution in [0.25, 0.3) is 0 Å². The first-order valence-corrected chi connectivity index (χ1v) is 4.50. The molecule has 0 spiro atoms. The second-order valence-electron chi connectivity index (χ2n) is 2.96. The van der Waals surface area contributed by atoms with Crippen LogP contribution >= 0.6 is 0 Å². The Bertz CT molecular complexity index is 331. The average Bonchev–Trinajstić information content (AvgIpc) is 2.16. The minimum atomic E-state index is -0.338. The van der Waals surface area contributed by atoms with Crippen LogP contribution in [0.3, 0.4) is 0 Å². The summed E-state index contributed by atoms with van der Waals surface area (Å²) in [6.45, 7) is 4.40. The van der Waals surface area contributed by atoms with Gasteiger partial charge in [0.25, 0.3) is 0 Å². The summed E-state index contributed by atoms with van der Waals surface area (Å²) in [7, 11) is 1.37. The monoisotopic (exact) mass is 194 g/mol. The molecule has 0 N–H and O–H groups in total. The maximum atomic E-state index is 11.2. The normalized spacial score (nSPS) is 9.64. The number of carbonyl (C=O) groups excluding carboxylic acids is 1. The van der Waals surface area contributed by atoms with E-state index in [4.69, 9.17) is 4.74 Å². The lowest BCUT2D eigenvalue weighted by atomic mass is 10.1. The molecular formula is C11H14O3. The van der Waals surface area contributed by atoms with Crippen molar-refractivity contribution in [1.29, 1.82) is 0 Å². The van der Waals surface area contributed by atoms with Crippen molar-refractivity contribution in [1.82, 2.24) is 0 Å². The molecule has 0 atom stereocenters. The number of aryl methyl sites for hydroxylation is 1. The summed E-state index contributed by atoms with van der Waals surface area (Å²) in [4.78, 5) is 11.2. The number of methoxy groups -OCH3 is 1. The fourth-order valence-corrected chi connectivity index (χ4v) is 1.23. The molecule has 0 fully saturated rings. The molecule has 0 aromatic heterocycles. The first-order valence-electron chi connectivity index (χ1n) is 4.50. The molecule has 0 aliphatic carbocycles. The largest absolute Gasteiger partial charge is 0.494 e. The predicted molar refractivity (Wildman–Crippen MR) is 53.7 cm³/mol. The number of rotatable bonds is 3. The summed E-state index contributed by atoms with van der Waals surface area (Å²) in [5.41, 5.74) is 1.51. The Morgan fingerprint density at radius 1 is 1.36 bits per heavy atom. The van der Waals surface area contributed by atoms with Crippen molar-refractivity contribution in [2.45, 2.75) is 13.8 Å². The third kappa shape index (κ3) is 2.49. The van der Waals surface area contributed by atoms with E-state index in [-0.39, 0.29) is 5.97 Å². The van der Waals surface area contributed by atoms with Gasteiger partial charge in [0.15, 0.2) is 0 Å². The fourth-order valence-electron chi connectivity index (χ4n) is 1.23. The summed E-state index contributed by atoms with van der Waals surface area (Å²) in [6, 6.07) is 5.34. The summed E-state index contributed by atoms with van der Waals surface area (Å²) in [5.74, 6) is 0.363. The van der Waals surface area contributed by atoms with E-state index in [0.29, 0.717) is 17.9 Å². The van der Waals surface area contributed by atoms with Crippen LogP contribution in [0.2, 0.25) is 0 Å². The van der Waals surface area contributed by atoms with E-state index >= 15 is 0 Å². The number of ether oxygens (including phenoxy) is 2. The zero-order valence-electron chi connectivity index (χ0n) is 8.66. The molecule has 0 saturated carbocycles. The molecule has 3 heteroatoms. The number of benzene rings is 1. The Morgan fingerprint density at radius 3 is 2.64 bits per heavy atom. The highest BCUT2D eigenvalue weighted by Gasteiger charge is 2.07. The molecule has 0 unspecified atom stereocenters. The molecule has 14 heavy (non-hydrogen) atoms. The van der Waals surface area contributed by atoms with Gasteiger partial charge in [-0.05, 0) is 37.6 Å². The van der Waals surface area contributed by atoms with E-state index in [1.54, 1.807) is 12.1 Å². The van der Waals surface area contributed by atoms with Gasteiger partial charge in [-0.2, -0.15) is 0 Å². The lowest BCUT2D eigenvalue weighted by molar-refractivity contribution is 0.0600. The van der Waals surface area contributed by atoms with Crippen molar-refractivity contribution >= 4 is 5.97 Å². The molecule has 0 heterocycles. The van der Waals surface area contributed by atoms with Gasteiger partial charge in [0, 0.05) is 0 Å². The Balaban J connectivity index is 3.00. The first kappa shape index (κ1) is 10.6. The molecule has 3 nitrogen and oxygen atoms in total. The molecule has 1 aromatic rings. The van der Waals surface area contributed by atoms with Gasteiger partial charge in [-0.25, -0.2) is 4.79 Å². The summed E-state index contributed by atoms with van der Waals surface area (Å²) in [5, 5.41) is 0. The molecule has 0 bridgehead atoms. The van der Waals surface area contributed by atoms with Crippen molar-refractivity contribution in [3.05, 3.63) is 29.3 Å². The van der Waals surface area contributed by atoms with Crippen LogP contribution in [-0.2, 0) is 4.74 Å². The molecule has 0 aliphatic rings. The fraction of sp³-hybridized carbons (Fsp3) is 0.364. The maximum absolute atomic E-state index is 11.2. The van der Waals surface area contributed by atoms with Crippen LogP contribution in [-0.4, -0.2) is 19.7 Å². The van der Waals surface area contributed by atoms with Gasteiger partial charge in [0.05, 0.1) is 19.3 Å². The molecule has 76 valence electrons. The van der Waals surface area contributed by atoms with Crippen molar-refractivity contribution in [3.8, 4) is 5.75 Å². The van der Waals surface area contributed by atoms with Crippen molar-refractivity contribution < 1.29 is 14.3 Å². The van der Waals surface area contributed by atoms with E-state index < -0.39 is 0 Å². The highest BCUT2D eigenvalue weighted by molar-refractivity contribution is 5.90. The van der Waals surface area contributed by atoms with Crippen LogP contribution in [0.15, 0.2) is 18.2 Å². The Hall–Kier alpha value is -1.51. The van der Waals surface area contributed by atoms with Gasteiger partial charge in [-0.15, -0.1) is 0 Å². The van der Waals surface area contributed by atoms with Crippen molar-refractivity contribution in [3.63, 3.8) is 0 Å². The van der Waals surface area contributed by atoms with E-state index in [2.05, 4.69) is 4.74 Å². The molecule has 1 rings (SSSR count). The van der Waals surface area contributed by atoms with E-state index in [9.17, 15) is 4.79 Å². The number of hydrogen-bond acceptors (Lipinski definition) is 3. The van der Waals surface area contributed by atoms with Crippen LogP contribution in [0.4, 0.5) is 0 Å². The third-order valence-electron chi connectivity index (χ3n) is 1.78. The third-order valence-corrected chi connectivity index (χ3v) is 1.78. The van der Waals surface area contributed by atoms with E-state index in [1.807, 2.05) is 19.9 Å². The molecule has 1 aromatic carbocycles. The zero-order chi connectivity index (χ0) is 10.6. The zero-order valence-corrected chi connectivity index (χ0v) is 8.66. The predicted octanol–water partition coefficient (Wildman–Crippen LogP) is 2.18. The van der Waals surface area contributed by atoms with Gasteiger partial charge >= 0.3 is 5.97 Å². The van der Waals surface area contributed by atoms with Gasteiger partial charge in [-0.1, -0.05) is 0 Å². The van der Waals surface area contributed by atoms with Gasteiger partial charge in [-0.3, -0.25) is 0 Å². The summed E-state index contributed by atoms with van der Waals surface area (Å²) in [6.07, 6.45) is 0. The van der Waals surface area contributed by atoms with Crippen LogP contribution in [0.5, 0.6) is 5.75 Å². The second-order valence-corrected chi connectivity index (χ2v) is 2.96. The number of esters is 1. The lowest BCUT2D eigenvalue weighted by Crippen LogP contribution is -2.02. The second kappa shape index (κ2) is 4.65. The minimum absolute atomic E-state index is 0.338. The molecule has 0 aliphatic heterocycles. The Labute approximate surface area is 83.6 Å². The van der Waals surface area contributed by atoms with Gasteiger partial charge < -0.3 is 9.47 Å². The minimum Gasteiger partial charge on any atom is -0.494 e. The van der Waals surface area contributed by atoms with Gasteiger partial charge in [0.2, 0.25) is 0 Å². The average molecular weight is 194 g/mol. The standard InChI is InChI=1S/C11H14O3/c1-4-14-10-6-8(2)5-9(7-10)11(12)13-3/h5-7H,4H2,1-3H3. The van der Waals surface area contributed by atoms with Crippen LogP contribution in [0.1, 0.15) is 22.8 Å². The number of hydrogen-bond donors (Lipinski definition) is 0. The SMILES string of the molecule is CCOc1cc(C)cc(C(=O)OC)c1. The van der Waals surface area contributed by atoms with Crippen molar-refractivity contribution in [2.75, 3.05) is 13.7 Å². The summed E-state index contributed by atoms with van der Waals surface area (Å²) >= 11 is 0. The quantitative estimate of drug-likeness (QED) is 0.692. The Kier molecular flexibility index (Phi) is 3.51. The number of carbonyl (C=O) groups is 1.